The van der Waals surface area contributed by atoms with Gasteiger partial charge in [-0.2, -0.15) is 8.78 Å². The zero-order chi connectivity index (χ0) is 28.5. The second kappa shape index (κ2) is 11.2. The number of ether oxygens (including phenoxy) is 1. The van der Waals surface area contributed by atoms with Gasteiger partial charge in [0, 0.05) is 0 Å². The van der Waals surface area contributed by atoms with Gasteiger partial charge in [-0.15, -0.1) is 0 Å². The van der Waals surface area contributed by atoms with Gasteiger partial charge in [-0.1, -0.05) is 54.6 Å². The summed E-state index contributed by atoms with van der Waals surface area (Å²) in [6.07, 6.45) is 1.84. The lowest BCUT2D eigenvalue weighted by molar-refractivity contribution is -0.230. The molecular formula is C30H30F2O6S2. The van der Waals surface area contributed by atoms with Crippen molar-refractivity contribution in [2.45, 2.75) is 63.8 Å². The summed E-state index contributed by atoms with van der Waals surface area (Å²) in [6, 6.07) is 32.2. The molecule has 4 fully saturated rings. The van der Waals surface area contributed by atoms with Crippen LogP contribution in [0.25, 0.3) is 0 Å². The van der Waals surface area contributed by atoms with Gasteiger partial charge in [0.05, 0.1) is 10.9 Å². The quantitative estimate of drug-likeness (QED) is 0.235. The van der Waals surface area contributed by atoms with E-state index in [2.05, 4.69) is 95.7 Å². The molecule has 4 saturated carbocycles. The largest absolute Gasteiger partial charge is 0.743 e. The van der Waals surface area contributed by atoms with Gasteiger partial charge >= 0.3 is 11.2 Å². The highest BCUT2D eigenvalue weighted by atomic mass is 32.2. The second-order valence-electron chi connectivity index (χ2n) is 10.8. The predicted octanol–water partition coefficient (Wildman–Crippen LogP) is 5.39. The molecular weight excluding hydrogens is 558 g/mol. The molecule has 4 aliphatic carbocycles. The minimum Gasteiger partial charge on any atom is -0.743 e. The molecule has 10 heteroatoms. The van der Waals surface area contributed by atoms with Crippen molar-refractivity contribution in [3.8, 4) is 0 Å². The van der Waals surface area contributed by atoms with Gasteiger partial charge < -0.3 is 14.4 Å². The van der Waals surface area contributed by atoms with Crippen molar-refractivity contribution in [3.63, 3.8) is 0 Å². The first-order chi connectivity index (χ1) is 19.0. The van der Waals surface area contributed by atoms with E-state index >= 15 is 0 Å². The van der Waals surface area contributed by atoms with Crippen LogP contribution >= 0.6 is 0 Å². The second-order valence-corrected chi connectivity index (χ2v) is 14.2. The average molecular weight is 589 g/mol. The monoisotopic (exact) mass is 588 g/mol. The fraction of sp³-hybridized carbons (Fsp3) is 0.367. The molecule has 6 nitrogen and oxygen atoms in total. The smallest absolute Gasteiger partial charge is 0.428 e. The van der Waals surface area contributed by atoms with Gasteiger partial charge in [-0.05, 0) is 86.3 Å². The summed E-state index contributed by atoms with van der Waals surface area (Å²) in [5.41, 5.74) is -1.38. The highest BCUT2D eigenvalue weighted by Crippen LogP contribution is 2.56. The van der Waals surface area contributed by atoms with Crippen molar-refractivity contribution in [1.29, 1.82) is 0 Å². The summed E-state index contributed by atoms with van der Waals surface area (Å²) in [4.78, 5) is 15.5. The Labute approximate surface area is 235 Å². The molecule has 4 aliphatic rings. The van der Waals surface area contributed by atoms with E-state index in [1.807, 2.05) is 0 Å². The molecule has 3 aromatic carbocycles. The van der Waals surface area contributed by atoms with Crippen LogP contribution in [0.3, 0.4) is 0 Å². The van der Waals surface area contributed by atoms with Gasteiger partial charge in [0.25, 0.3) is 0 Å². The minimum atomic E-state index is -6.14. The van der Waals surface area contributed by atoms with Crippen LogP contribution in [0.5, 0.6) is 0 Å². The first-order valence-electron chi connectivity index (χ1n) is 13.1. The third kappa shape index (κ3) is 5.81. The molecule has 0 spiro atoms. The Morgan fingerprint density at radius 3 is 1.57 bits per heavy atom. The number of halogens is 2. The number of alkyl halides is 2. The standard InChI is InChI=1S/C18H15S.C12H16F2O6S/c1-4-10-16(11-5-1)19(17-12-6-2-7-13-17)18-14-8-3-9-15-18;13-12(14,21(17,18)19)10(15)20-9-8-2-6-1-7(3-8)5-11(9,16)4-6/h1-15H;6-9,16H,1-5H2,(H,17,18,19)/q+1;/p-1. The van der Waals surface area contributed by atoms with E-state index in [-0.39, 0.29) is 28.6 Å². The lowest BCUT2D eigenvalue weighted by Crippen LogP contribution is -2.62. The van der Waals surface area contributed by atoms with Crippen molar-refractivity contribution in [2.75, 3.05) is 0 Å². The number of hydrogen-bond acceptors (Lipinski definition) is 6. The fourth-order valence-electron chi connectivity index (χ4n) is 6.52. The summed E-state index contributed by atoms with van der Waals surface area (Å²) < 4.78 is 62.4. The SMILES string of the molecule is O=C(OC1C2CC3CC(C2)CC1(O)C3)C(F)(F)S(=O)(=O)[O-].c1ccc([S+](c2ccccc2)c2ccccc2)cc1. The first-order valence-corrected chi connectivity index (χ1v) is 15.8. The van der Waals surface area contributed by atoms with Crippen molar-refractivity contribution in [2.24, 2.45) is 17.8 Å². The normalized spacial score (nSPS) is 27.1. The van der Waals surface area contributed by atoms with Crippen molar-refractivity contribution >= 4 is 27.0 Å². The lowest BCUT2D eigenvalue weighted by atomic mass is 9.53. The maximum atomic E-state index is 13.2. The Morgan fingerprint density at radius 2 is 1.23 bits per heavy atom. The van der Waals surface area contributed by atoms with Crippen molar-refractivity contribution in [3.05, 3.63) is 91.0 Å². The molecule has 0 heterocycles. The van der Waals surface area contributed by atoms with Crippen LogP contribution in [0.4, 0.5) is 8.78 Å². The van der Waals surface area contributed by atoms with Crippen LogP contribution in [-0.2, 0) is 30.5 Å². The molecule has 1 N–H and O–H groups in total. The summed E-state index contributed by atoms with van der Waals surface area (Å²) in [5.74, 6) is -2.07. The van der Waals surface area contributed by atoms with E-state index in [1.165, 1.54) is 14.7 Å². The van der Waals surface area contributed by atoms with Crippen LogP contribution < -0.4 is 0 Å². The fourth-order valence-corrected chi connectivity index (χ4v) is 8.88. The Balaban J connectivity index is 0.000000162. The average Bonchev–Trinajstić information content (AvgIpc) is 2.92. The Kier molecular flexibility index (Phi) is 8.07. The van der Waals surface area contributed by atoms with Crippen molar-refractivity contribution in [1.82, 2.24) is 0 Å². The van der Waals surface area contributed by atoms with Crippen LogP contribution in [-0.4, -0.2) is 41.0 Å². The molecule has 3 atom stereocenters. The lowest BCUT2D eigenvalue weighted by Gasteiger charge is -2.57. The topological polar surface area (TPSA) is 104 Å². The van der Waals surface area contributed by atoms with Gasteiger partial charge in [-0.3, -0.25) is 0 Å². The van der Waals surface area contributed by atoms with E-state index in [0.29, 0.717) is 25.7 Å². The molecule has 3 unspecified atom stereocenters. The van der Waals surface area contributed by atoms with Crippen LogP contribution in [0.15, 0.2) is 106 Å². The van der Waals surface area contributed by atoms with Crippen LogP contribution in [0.2, 0.25) is 0 Å². The number of benzene rings is 3. The predicted molar refractivity (Wildman–Crippen MR) is 145 cm³/mol. The van der Waals surface area contributed by atoms with E-state index < -0.39 is 33.0 Å². The summed E-state index contributed by atoms with van der Waals surface area (Å²) >= 11 is 0. The summed E-state index contributed by atoms with van der Waals surface area (Å²) in [5, 5.41) is 5.40. The van der Waals surface area contributed by atoms with Gasteiger partial charge in [0.15, 0.2) is 24.8 Å². The highest BCUT2D eigenvalue weighted by Gasteiger charge is 2.60. The molecule has 40 heavy (non-hydrogen) atoms. The number of esters is 1. The maximum Gasteiger partial charge on any atom is 0.428 e. The molecule has 7 rings (SSSR count). The molecule has 0 radical (unpaired) electrons. The van der Waals surface area contributed by atoms with E-state index in [4.69, 9.17) is 0 Å². The van der Waals surface area contributed by atoms with Crippen LogP contribution in [0.1, 0.15) is 32.1 Å². The molecule has 0 aromatic heterocycles. The third-order valence-corrected chi connectivity index (χ3v) is 10.9. The minimum absolute atomic E-state index is 0.0146. The number of carbonyl (C=O) groups is 1. The highest BCUT2D eigenvalue weighted by molar-refractivity contribution is 7.97. The first kappa shape index (κ1) is 28.7. The summed E-state index contributed by atoms with van der Waals surface area (Å²) in [7, 11) is -6.15. The maximum absolute atomic E-state index is 13.2. The molecule has 0 aliphatic heterocycles. The molecule has 4 bridgehead atoms. The zero-order valence-corrected chi connectivity index (χ0v) is 23.2. The number of rotatable bonds is 6. The number of aliphatic hydroxyl groups is 1. The Bertz CT molecular complexity index is 1310. The van der Waals surface area contributed by atoms with E-state index in [0.717, 1.165) is 6.42 Å². The molecule has 212 valence electrons. The molecule has 0 amide bonds. The van der Waals surface area contributed by atoms with Crippen molar-refractivity contribution < 1.29 is 36.4 Å². The van der Waals surface area contributed by atoms with E-state index in [1.54, 1.807) is 0 Å². The summed E-state index contributed by atoms with van der Waals surface area (Å²) in [6.45, 7) is 0. The Hall–Kier alpha value is -2.79. The molecule has 0 saturated heterocycles. The van der Waals surface area contributed by atoms with Gasteiger partial charge in [0.2, 0.25) is 0 Å². The van der Waals surface area contributed by atoms with Crippen LogP contribution in [0, 0.1) is 17.8 Å². The Morgan fingerprint density at radius 1 is 0.825 bits per heavy atom. The molecule has 3 aromatic rings. The van der Waals surface area contributed by atoms with Gasteiger partial charge in [0.1, 0.15) is 11.7 Å². The van der Waals surface area contributed by atoms with E-state index in [9.17, 15) is 31.7 Å². The zero-order valence-electron chi connectivity index (χ0n) is 21.6. The third-order valence-electron chi connectivity index (χ3n) is 7.90. The number of carbonyl (C=O) groups excluding carboxylic acids is 1. The number of hydrogen-bond donors (Lipinski definition) is 1. The van der Waals surface area contributed by atoms with Gasteiger partial charge in [-0.25, -0.2) is 13.2 Å².